The topological polar surface area (TPSA) is 65.1 Å². The molecule has 0 saturated carbocycles. The zero-order valence-electron chi connectivity index (χ0n) is 11.6. The molecule has 0 bridgehead atoms. The molecule has 1 unspecified atom stereocenters. The van der Waals surface area contributed by atoms with Crippen LogP contribution in [-0.2, 0) is 0 Å². The van der Waals surface area contributed by atoms with E-state index in [1.54, 1.807) is 18.2 Å². The average Bonchev–Trinajstić information content (AvgIpc) is 2.81. The summed E-state index contributed by atoms with van der Waals surface area (Å²) in [4.78, 5) is 15.0. The van der Waals surface area contributed by atoms with E-state index in [1.165, 1.54) is 0 Å². The molecule has 2 aromatic rings. The Balaban J connectivity index is 1.97. The number of halogens is 1. The SMILES string of the molecule is CC(C)C(O)CCNC(=O)c1cc2ccc(Cl)cc2[nH]1. The van der Waals surface area contributed by atoms with Crippen molar-refractivity contribution in [3.63, 3.8) is 0 Å². The quantitative estimate of drug-likeness (QED) is 0.794. The first-order valence-electron chi connectivity index (χ1n) is 6.72. The number of aliphatic hydroxyl groups is 1. The molecule has 1 aromatic heterocycles. The number of amides is 1. The fourth-order valence-electron chi connectivity index (χ4n) is 1.98. The van der Waals surface area contributed by atoms with E-state index >= 15 is 0 Å². The Morgan fingerprint density at radius 1 is 1.40 bits per heavy atom. The fraction of sp³-hybridized carbons (Fsp3) is 0.400. The van der Waals surface area contributed by atoms with Gasteiger partial charge < -0.3 is 15.4 Å². The second-order valence-corrected chi connectivity index (χ2v) is 5.71. The highest BCUT2D eigenvalue weighted by atomic mass is 35.5. The minimum atomic E-state index is -0.392. The Kier molecular flexibility index (Phi) is 4.68. The molecular formula is C15H19ClN2O2. The lowest BCUT2D eigenvalue weighted by Crippen LogP contribution is -2.28. The van der Waals surface area contributed by atoms with E-state index in [2.05, 4.69) is 10.3 Å². The molecule has 2 rings (SSSR count). The van der Waals surface area contributed by atoms with Crippen LogP contribution < -0.4 is 5.32 Å². The van der Waals surface area contributed by atoms with Crippen LogP contribution in [0.15, 0.2) is 24.3 Å². The molecule has 20 heavy (non-hydrogen) atoms. The van der Waals surface area contributed by atoms with Gasteiger partial charge in [0.2, 0.25) is 0 Å². The maximum absolute atomic E-state index is 12.0. The number of aromatic amines is 1. The van der Waals surface area contributed by atoms with Crippen LogP contribution in [0, 0.1) is 5.92 Å². The summed E-state index contributed by atoms with van der Waals surface area (Å²) in [5.74, 6) is 0.0235. The molecule has 0 radical (unpaired) electrons. The fourth-order valence-corrected chi connectivity index (χ4v) is 2.16. The Morgan fingerprint density at radius 2 is 2.15 bits per heavy atom. The lowest BCUT2D eigenvalue weighted by molar-refractivity contribution is 0.0916. The van der Waals surface area contributed by atoms with Crippen LogP contribution in [0.25, 0.3) is 10.9 Å². The lowest BCUT2D eigenvalue weighted by atomic mass is 10.0. The Bertz CT molecular complexity index is 607. The number of aromatic nitrogens is 1. The number of aliphatic hydroxyl groups excluding tert-OH is 1. The number of rotatable bonds is 5. The van der Waals surface area contributed by atoms with E-state index in [9.17, 15) is 9.90 Å². The van der Waals surface area contributed by atoms with Crippen LogP contribution in [-0.4, -0.2) is 28.6 Å². The van der Waals surface area contributed by atoms with Gasteiger partial charge in [-0.25, -0.2) is 0 Å². The second-order valence-electron chi connectivity index (χ2n) is 5.27. The number of carbonyl (C=O) groups excluding carboxylic acids is 1. The zero-order valence-corrected chi connectivity index (χ0v) is 12.4. The molecule has 1 heterocycles. The Labute approximate surface area is 123 Å². The standard InChI is InChI=1S/C15H19ClN2O2/c1-9(2)14(19)5-6-17-15(20)13-7-10-3-4-11(16)8-12(10)18-13/h3-4,7-9,14,18-19H,5-6H2,1-2H3,(H,17,20). The molecule has 0 aliphatic carbocycles. The third kappa shape index (κ3) is 3.52. The average molecular weight is 295 g/mol. The van der Waals surface area contributed by atoms with Crippen molar-refractivity contribution in [2.24, 2.45) is 5.92 Å². The van der Waals surface area contributed by atoms with Gasteiger partial charge in [0.25, 0.3) is 5.91 Å². The minimum absolute atomic E-state index is 0.173. The summed E-state index contributed by atoms with van der Waals surface area (Å²) in [7, 11) is 0. The third-order valence-electron chi connectivity index (χ3n) is 3.32. The molecule has 3 N–H and O–H groups in total. The van der Waals surface area contributed by atoms with Crippen molar-refractivity contribution in [2.75, 3.05) is 6.54 Å². The predicted octanol–water partition coefficient (Wildman–Crippen LogP) is 2.96. The van der Waals surface area contributed by atoms with E-state index in [-0.39, 0.29) is 11.8 Å². The molecule has 0 aliphatic heterocycles. The molecule has 4 nitrogen and oxygen atoms in total. The summed E-state index contributed by atoms with van der Waals surface area (Å²) in [6, 6.07) is 7.24. The summed E-state index contributed by atoms with van der Waals surface area (Å²) in [5.41, 5.74) is 1.34. The second kappa shape index (κ2) is 6.29. The summed E-state index contributed by atoms with van der Waals surface area (Å²) in [6.07, 6.45) is 0.159. The van der Waals surface area contributed by atoms with Crippen LogP contribution in [0.3, 0.4) is 0 Å². The number of fused-ring (bicyclic) bond motifs is 1. The number of carbonyl (C=O) groups is 1. The van der Waals surface area contributed by atoms with Crippen molar-refractivity contribution < 1.29 is 9.90 Å². The summed E-state index contributed by atoms with van der Waals surface area (Å²) in [5, 5.41) is 14.1. The number of hydrogen-bond donors (Lipinski definition) is 3. The Hall–Kier alpha value is -1.52. The molecule has 1 aromatic carbocycles. The van der Waals surface area contributed by atoms with Gasteiger partial charge in [0.15, 0.2) is 0 Å². The van der Waals surface area contributed by atoms with Crippen molar-refractivity contribution in [1.82, 2.24) is 10.3 Å². The summed E-state index contributed by atoms with van der Waals surface area (Å²) >= 11 is 5.91. The predicted molar refractivity (Wildman–Crippen MR) is 81.1 cm³/mol. The van der Waals surface area contributed by atoms with Gasteiger partial charge in [-0.15, -0.1) is 0 Å². The van der Waals surface area contributed by atoms with Gasteiger partial charge in [0.05, 0.1) is 6.10 Å². The van der Waals surface area contributed by atoms with Crippen LogP contribution in [0.1, 0.15) is 30.8 Å². The molecular weight excluding hydrogens is 276 g/mol. The van der Waals surface area contributed by atoms with Crippen LogP contribution >= 0.6 is 11.6 Å². The van der Waals surface area contributed by atoms with Gasteiger partial charge in [-0.3, -0.25) is 4.79 Å². The van der Waals surface area contributed by atoms with E-state index in [0.29, 0.717) is 23.7 Å². The molecule has 0 spiro atoms. The van der Waals surface area contributed by atoms with Gasteiger partial charge >= 0.3 is 0 Å². The molecule has 1 atom stereocenters. The van der Waals surface area contributed by atoms with Gasteiger partial charge in [-0.1, -0.05) is 31.5 Å². The van der Waals surface area contributed by atoms with Crippen molar-refractivity contribution >= 4 is 28.4 Å². The zero-order chi connectivity index (χ0) is 14.7. The van der Waals surface area contributed by atoms with Crippen molar-refractivity contribution in [3.8, 4) is 0 Å². The maximum atomic E-state index is 12.0. The molecule has 5 heteroatoms. The molecule has 0 saturated heterocycles. The van der Waals surface area contributed by atoms with E-state index in [1.807, 2.05) is 19.9 Å². The van der Waals surface area contributed by atoms with Crippen LogP contribution in [0.2, 0.25) is 5.02 Å². The molecule has 108 valence electrons. The smallest absolute Gasteiger partial charge is 0.267 e. The number of H-pyrrole nitrogens is 1. The van der Waals surface area contributed by atoms with Crippen LogP contribution in [0.5, 0.6) is 0 Å². The normalized spacial score (nSPS) is 12.8. The Morgan fingerprint density at radius 3 is 2.85 bits per heavy atom. The first kappa shape index (κ1) is 14.9. The third-order valence-corrected chi connectivity index (χ3v) is 3.56. The maximum Gasteiger partial charge on any atom is 0.267 e. The van der Waals surface area contributed by atoms with Gasteiger partial charge in [0, 0.05) is 22.5 Å². The van der Waals surface area contributed by atoms with Crippen molar-refractivity contribution in [3.05, 3.63) is 35.0 Å². The van der Waals surface area contributed by atoms with Crippen LogP contribution in [0.4, 0.5) is 0 Å². The first-order chi connectivity index (χ1) is 9.47. The number of nitrogens with one attached hydrogen (secondary N) is 2. The number of hydrogen-bond acceptors (Lipinski definition) is 2. The largest absolute Gasteiger partial charge is 0.393 e. The highest BCUT2D eigenvalue weighted by Gasteiger charge is 2.12. The van der Waals surface area contributed by atoms with Gasteiger partial charge in [0.1, 0.15) is 5.69 Å². The van der Waals surface area contributed by atoms with E-state index in [0.717, 1.165) is 10.9 Å². The first-order valence-corrected chi connectivity index (χ1v) is 7.09. The molecule has 0 aliphatic rings. The van der Waals surface area contributed by atoms with Crippen molar-refractivity contribution in [1.29, 1.82) is 0 Å². The minimum Gasteiger partial charge on any atom is -0.393 e. The van der Waals surface area contributed by atoms with Gasteiger partial charge in [-0.2, -0.15) is 0 Å². The van der Waals surface area contributed by atoms with E-state index in [4.69, 9.17) is 11.6 Å². The van der Waals surface area contributed by atoms with Gasteiger partial charge in [-0.05, 0) is 30.5 Å². The lowest BCUT2D eigenvalue weighted by Gasteiger charge is -2.14. The highest BCUT2D eigenvalue weighted by molar-refractivity contribution is 6.31. The summed E-state index contributed by atoms with van der Waals surface area (Å²) in [6.45, 7) is 4.36. The highest BCUT2D eigenvalue weighted by Crippen LogP contribution is 2.19. The molecule has 0 fully saturated rings. The van der Waals surface area contributed by atoms with Crippen molar-refractivity contribution in [2.45, 2.75) is 26.4 Å². The molecule has 1 amide bonds. The van der Waals surface area contributed by atoms with E-state index < -0.39 is 6.10 Å². The summed E-state index contributed by atoms with van der Waals surface area (Å²) < 4.78 is 0. The number of benzene rings is 1. The monoisotopic (exact) mass is 294 g/mol.